The van der Waals surface area contributed by atoms with Crippen LogP contribution in [0, 0.1) is 0 Å². The molecule has 0 spiro atoms. The zero-order valence-electron chi connectivity index (χ0n) is 10.0. The molecule has 1 heterocycles. The lowest BCUT2D eigenvalue weighted by Crippen LogP contribution is -2.33. The Kier molecular flexibility index (Phi) is 4.16. The van der Waals surface area contributed by atoms with Crippen molar-refractivity contribution in [2.24, 2.45) is 0 Å². The molecule has 0 aliphatic carbocycles. The number of rotatable bonds is 5. The molecule has 0 radical (unpaired) electrons. The molecule has 3 nitrogen and oxygen atoms in total. The summed E-state index contributed by atoms with van der Waals surface area (Å²) in [6.07, 6.45) is 0.704. The Morgan fingerprint density at radius 2 is 1.94 bits per heavy atom. The molecule has 0 aliphatic rings. The minimum atomic E-state index is -3.41. The lowest BCUT2D eigenvalue weighted by Gasteiger charge is -2.13. The van der Waals surface area contributed by atoms with Gasteiger partial charge in [0.2, 0.25) is 10.0 Å². The molecule has 1 atom stereocenters. The largest absolute Gasteiger partial charge is 0.240 e. The van der Waals surface area contributed by atoms with Crippen molar-refractivity contribution in [3.05, 3.63) is 52.7 Å². The first-order valence-corrected chi connectivity index (χ1v) is 8.09. The van der Waals surface area contributed by atoms with Crippen LogP contribution < -0.4 is 4.72 Å². The highest BCUT2D eigenvalue weighted by molar-refractivity contribution is 7.89. The minimum absolute atomic E-state index is 0.121. The molecule has 2 rings (SSSR count). The number of hydrogen-bond acceptors (Lipinski definition) is 3. The highest BCUT2D eigenvalue weighted by Crippen LogP contribution is 2.12. The average Bonchev–Trinajstić information content (AvgIpc) is 2.82. The molecule has 1 aromatic carbocycles. The van der Waals surface area contributed by atoms with Crippen LogP contribution in [0.15, 0.2) is 52.1 Å². The summed E-state index contributed by atoms with van der Waals surface area (Å²) in [6, 6.07) is 10.3. The smallest absolute Gasteiger partial charge is 0.208 e. The minimum Gasteiger partial charge on any atom is -0.208 e. The van der Waals surface area contributed by atoms with Gasteiger partial charge in [0.1, 0.15) is 0 Å². The van der Waals surface area contributed by atoms with Gasteiger partial charge in [-0.1, -0.05) is 18.2 Å². The van der Waals surface area contributed by atoms with Gasteiger partial charge in [-0.15, -0.1) is 0 Å². The highest BCUT2D eigenvalue weighted by atomic mass is 32.2. The maximum absolute atomic E-state index is 12.1. The number of sulfonamides is 1. The molecule has 0 amide bonds. The molecule has 18 heavy (non-hydrogen) atoms. The lowest BCUT2D eigenvalue weighted by molar-refractivity contribution is 0.560. The van der Waals surface area contributed by atoms with Gasteiger partial charge in [0, 0.05) is 6.04 Å². The average molecular weight is 281 g/mol. The normalized spacial score (nSPS) is 13.4. The summed E-state index contributed by atoms with van der Waals surface area (Å²) < 4.78 is 26.8. The van der Waals surface area contributed by atoms with Crippen LogP contribution in [0.3, 0.4) is 0 Å². The maximum Gasteiger partial charge on any atom is 0.240 e. The van der Waals surface area contributed by atoms with Gasteiger partial charge >= 0.3 is 0 Å². The Bertz CT molecular complexity index is 577. The van der Waals surface area contributed by atoms with E-state index < -0.39 is 10.0 Å². The van der Waals surface area contributed by atoms with Crippen molar-refractivity contribution in [2.45, 2.75) is 24.3 Å². The van der Waals surface area contributed by atoms with E-state index in [1.807, 2.05) is 23.8 Å². The number of nitrogens with one attached hydrogen (secondary N) is 1. The molecule has 2 aromatic rings. The zero-order chi connectivity index (χ0) is 13.0. The number of hydrogen-bond donors (Lipinski definition) is 1. The Hall–Kier alpha value is -1.17. The summed E-state index contributed by atoms with van der Waals surface area (Å²) >= 11 is 1.62. The third-order valence-electron chi connectivity index (χ3n) is 2.53. The van der Waals surface area contributed by atoms with E-state index in [-0.39, 0.29) is 6.04 Å². The third-order valence-corrected chi connectivity index (χ3v) is 4.87. The Morgan fingerprint density at radius 1 is 1.22 bits per heavy atom. The molecular weight excluding hydrogens is 266 g/mol. The van der Waals surface area contributed by atoms with Gasteiger partial charge in [-0.3, -0.25) is 0 Å². The van der Waals surface area contributed by atoms with E-state index in [1.54, 1.807) is 41.7 Å². The van der Waals surface area contributed by atoms with E-state index in [0.29, 0.717) is 11.3 Å². The summed E-state index contributed by atoms with van der Waals surface area (Å²) in [5.74, 6) is 0. The third kappa shape index (κ3) is 3.41. The van der Waals surface area contributed by atoms with Gasteiger partial charge in [-0.05, 0) is 47.9 Å². The molecule has 0 saturated heterocycles. The van der Waals surface area contributed by atoms with Crippen molar-refractivity contribution in [3.63, 3.8) is 0 Å². The van der Waals surface area contributed by atoms with E-state index in [1.165, 1.54) is 0 Å². The van der Waals surface area contributed by atoms with Gasteiger partial charge in [0.05, 0.1) is 4.90 Å². The van der Waals surface area contributed by atoms with Crippen molar-refractivity contribution >= 4 is 21.4 Å². The Labute approximate surface area is 112 Å². The molecule has 1 N–H and O–H groups in total. The summed E-state index contributed by atoms with van der Waals surface area (Å²) in [5.41, 5.74) is 1.16. The molecule has 0 bridgehead atoms. The van der Waals surface area contributed by atoms with E-state index in [0.717, 1.165) is 5.56 Å². The second-order valence-corrected chi connectivity index (χ2v) is 6.67. The second-order valence-electron chi connectivity index (χ2n) is 4.17. The van der Waals surface area contributed by atoms with Gasteiger partial charge in [0.25, 0.3) is 0 Å². The summed E-state index contributed by atoms with van der Waals surface area (Å²) in [7, 11) is -3.41. The predicted octanol–water partition coefficient (Wildman–Crippen LogP) is 2.66. The monoisotopic (exact) mass is 281 g/mol. The van der Waals surface area contributed by atoms with Crippen molar-refractivity contribution in [2.75, 3.05) is 0 Å². The van der Waals surface area contributed by atoms with Crippen LogP contribution in [-0.2, 0) is 16.4 Å². The first kappa shape index (κ1) is 13.3. The predicted molar refractivity (Wildman–Crippen MR) is 74.2 cm³/mol. The van der Waals surface area contributed by atoms with Crippen molar-refractivity contribution < 1.29 is 8.42 Å². The SMILES string of the molecule is CC(Cc1ccsc1)NS(=O)(=O)c1ccccc1. The molecular formula is C13H15NO2S2. The van der Waals surface area contributed by atoms with Crippen LogP contribution in [0.2, 0.25) is 0 Å². The highest BCUT2D eigenvalue weighted by Gasteiger charge is 2.16. The molecule has 1 unspecified atom stereocenters. The van der Waals surface area contributed by atoms with Crippen LogP contribution in [0.4, 0.5) is 0 Å². The second kappa shape index (κ2) is 5.65. The fourth-order valence-electron chi connectivity index (χ4n) is 1.74. The van der Waals surface area contributed by atoms with Gasteiger partial charge in [-0.2, -0.15) is 11.3 Å². The standard InChI is InChI=1S/C13H15NO2S2/c1-11(9-12-7-8-17-10-12)14-18(15,16)13-5-3-2-4-6-13/h2-8,10-11,14H,9H2,1H3. The number of thiophene rings is 1. The van der Waals surface area contributed by atoms with E-state index in [2.05, 4.69) is 4.72 Å². The molecule has 0 fully saturated rings. The van der Waals surface area contributed by atoms with Crippen LogP contribution in [0.5, 0.6) is 0 Å². The Balaban J connectivity index is 2.05. The van der Waals surface area contributed by atoms with Gasteiger partial charge in [-0.25, -0.2) is 13.1 Å². The maximum atomic E-state index is 12.1. The van der Waals surface area contributed by atoms with Crippen molar-refractivity contribution in [3.8, 4) is 0 Å². The van der Waals surface area contributed by atoms with Gasteiger partial charge in [0.15, 0.2) is 0 Å². The first-order chi connectivity index (χ1) is 8.58. The van der Waals surface area contributed by atoms with Crippen molar-refractivity contribution in [1.82, 2.24) is 4.72 Å². The van der Waals surface area contributed by atoms with Crippen LogP contribution in [-0.4, -0.2) is 14.5 Å². The molecule has 5 heteroatoms. The summed E-state index contributed by atoms with van der Waals surface area (Å²) in [5, 5.41) is 4.03. The quantitative estimate of drug-likeness (QED) is 0.916. The van der Waals surface area contributed by atoms with E-state index >= 15 is 0 Å². The fraction of sp³-hybridized carbons (Fsp3) is 0.231. The Morgan fingerprint density at radius 3 is 2.56 bits per heavy atom. The lowest BCUT2D eigenvalue weighted by atomic mass is 10.1. The van der Waals surface area contributed by atoms with E-state index in [9.17, 15) is 8.42 Å². The van der Waals surface area contributed by atoms with Crippen LogP contribution in [0.1, 0.15) is 12.5 Å². The van der Waals surface area contributed by atoms with Crippen molar-refractivity contribution in [1.29, 1.82) is 0 Å². The molecule has 0 aliphatic heterocycles. The zero-order valence-corrected chi connectivity index (χ0v) is 11.7. The van der Waals surface area contributed by atoms with Gasteiger partial charge < -0.3 is 0 Å². The van der Waals surface area contributed by atoms with E-state index in [4.69, 9.17) is 0 Å². The molecule has 0 saturated carbocycles. The van der Waals surface area contributed by atoms with Crippen LogP contribution in [0.25, 0.3) is 0 Å². The fourth-order valence-corrected chi connectivity index (χ4v) is 3.68. The first-order valence-electron chi connectivity index (χ1n) is 5.66. The van der Waals surface area contributed by atoms with Crippen LogP contribution >= 0.6 is 11.3 Å². The topological polar surface area (TPSA) is 46.2 Å². The summed E-state index contributed by atoms with van der Waals surface area (Å²) in [4.78, 5) is 0.308. The summed E-state index contributed by atoms with van der Waals surface area (Å²) in [6.45, 7) is 1.87. The molecule has 96 valence electrons. The molecule has 1 aromatic heterocycles. The number of benzene rings is 1.